The minimum absolute atomic E-state index is 0.108. The Hall–Kier alpha value is -4.08. The number of hydrogen-bond donors (Lipinski definition) is 3. The molecule has 3 aromatic carbocycles. The van der Waals surface area contributed by atoms with Crippen molar-refractivity contribution < 1.29 is 28.7 Å². The van der Waals surface area contributed by atoms with E-state index in [-0.39, 0.29) is 24.8 Å². The van der Waals surface area contributed by atoms with Crippen LogP contribution in [0.3, 0.4) is 0 Å². The highest BCUT2D eigenvalue weighted by Crippen LogP contribution is 2.28. The first-order valence-electron chi connectivity index (χ1n) is 14.1. The first-order valence-corrected chi connectivity index (χ1v) is 14.5. The Balaban J connectivity index is 1.62. The number of phenolic OH excluding ortho intramolecular Hbond substituents is 1. The Kier molecular flexibility index (Phi) is 10.1. The molecular weight excluding hydrogens is 556 g/mol. The molecule has 10 heteroatoms. The number of quaternary nitrogens is 1. The number of nitrogens with one attached hydrogen (secondary N) is 1. The Morgan fingerprint density at radius 1 is 1.10 bits per heavy atom. The van der Waals surface area contributed by atoms with Gasteiger partial charge in [0.25, 0.3) is 0 Å². The summed E-state index contributed by atoms with van der Waals surface area (Å²) in [5.41, 5.74) is 8.66. The zero-order valence-corrected chi connectivity index (χ0v) is 24.7. The number of phenols is 1. The van der Waals surface area contributed by atoms with Crippen molar-refractivity contribution in [1.29, 1.82) is 0 Å². The van der Waals surface area contributed by atoms with Crippen molar-refractivity contribution in [1.82, 2.24) is 4.90 Å². The molecule has 9 nitrogen and oxygen atoms in total. The second kappa shape index (κ2) is 13.7. The standard InChI is InChI=1S/C32H37ClN4O5/c1-3-42-31(40)24-11-13-26(14-12-24)35-32(41)36(29(30(34)39)19-22-9-15-28(38)16-10-22)27-8-5-17-37(2,21-27)20-23-6-4-7-25(33)18-23/h4,6-7,9-16,18,27,29H,3,5,8,17,19-21H2,1-2H3,(H3-,34,35,38,39,40,41)/p+1/t27-,29+,37?/m1/s1. The van der Waals surface area contributed by atoms with Crippen LogP contribution < -0.4 is 11.1 Å². The smallest absolute Gasteiger partial charge is 0.338 e. The Labute approximate surface area is 251 Å². The van der Waals surface area contributed by atoms with Gasteiger partial charge in [0.1, 0.15) is 18.3 Å². The summed E-state index contributed by atoms with van der Waals surface area (Å²) in [5, 5.41) is 13.3. The normalized spacial score (nSPS) is 19.0. The molecule has 3 aromatic rings. The number of amides is 3. The van der Waals surface area contributed by atoms with E-state index in [1.807, 2.05) is 24.3 Å². The number of halogens is 1. The second-order valence-electron chi connectivity index (χ2n) is 11.0. The largest absolute Gasteiger partial charge is 0.508 e. The highest BCUT2D eigenvalue weighted by atomic mass is 35.5. The number of carbonyl (C=O) groups excluding carboxylic acids is 3. The Morgan fingerprint density at radius 2 is 1.81 bits per heavy atom. The van der Waals surface area contributed by atoms with Crippen molar-refractivity contribution in [3.05, 3.63) is 94.5 Å². The van der Waals surface area contributed by atoms with Gasteiger partial charge < -0.3 is 30.3 Å². The molecule has 1 fully saturated rings. The topological polar surface area (TPSA) is 122 Å². The van der Waals surface area contributed by atoms with Crippen LogP contribution in [0, 0.1) is 0 Å². The van der Waals surface area contributed by atoms with E-state index in [0.717, 1.165) is 30.6 Å². The van der Waals surface area contributed by atoms with Gasteiger partial charge in [-0.3, -0.25) is 4.79 Å². The molecule has 1 aliphatic heterocycles. The monoisotopic (exact) mass is 593 g/mol. The molecule has 1 heterocycles. The highest BCUT2D eigenvalue weighted by molar-refractivity contribution is 6.30. The van der Waals surface area contributed by atoms with E-state index >= 15 is 0 Å². The second-order valence-corrected chi connectivity index (χ2v) is 11.5. The maximum atomic E-state index is 14.0. The van der Waals surface area contributed by atoms with Crippen molar-refractivity contribution in [2.75, 3.05) is 32.1 Å². The van der Waals surface area contributed by atoms with Crippen molar-refractivity contribution in [3.63, 3.8) is 0 Å². The van der Waals surface area contributed by atoms with Crippen LogP contribution in [0.15, 0.2) is 72.8 Å². The lowest BCUT2D eigenvalue weighted by molar-refractivity contribution is -0.928. The van der Waals surface area contributed by atoms with E-state index < -0.39 is 23.9 Å². The molecule has 42 heavy (non-hydrogen) atoms. The molecule has 0 bridgehead atoms. The summed E-state index contributed by atoms with van der Waals surface area (Å²) in [7, 11) is 2.15. The van der Waals surface area contributed by atoms with Gasteiger partial charge in [0, 0.05) is 22.7 Å². The molecule has 0 radical (unpaired) electrons. The van der Waals surface area contributed by atoms with Gasteiger partial charge in [-0.2, -0.15) is 0 Å². The average Bonchev–Trinajstić information content (AvgIpc) is 2.94. The average molecular weight is 594 g/mol. The number of carbonyl (C=O) groups is 3. The van der Waals surface area contributed by atoms with Crippen LogP contribution in [0.2, 0.25) is 5.02 Å². The molecular formula is C32H38ClN4O5+. The van der Waals surface area contributed by atoms with E-state index in [2.05, 4.69) is 12.4 Å². The zero-order chi connectivity index (χ0) is 30.3. The molecule has 0 saturated carbocycles. The third-order valence-electron chi connectivity index (χ3n) is 7.64. The molecule has 0 spiro atoms. The fourth-order valence-corrected chi connectivity index (χ4v) is 5.90. The molecule has 1 aliphatic rings. The number of urea groups is 1. The van der Waals surface area contributed by atoms with Crippen LogP contribution in [0.1, 0.15) is 41.3 Å². The number of ether oxygens (including phenoxy) is 1. The lowest BCUT2D eigenvalue weighted by Gasteiger charge is -2.46. The van der Waals surface area contributed by atoms with Crippen molar-refractivity contribution >= 4 is 35.2 Å². The summed E-state index contributed by atoms with van der Waals surface area (Å²) in [4.78, 5) is 40.6. The molecule has 222 valence electrons. The molecule has 3 atom stereocenters. The van der Waals surface area contributed by atoms with Crippen molar-refractivity contribution in [2.45, 2.75) is 44.8 Å². The van der Waals surface area contributed by atoms with Gasteiger partial charge >= 0.3 is 12.0 Å². The summed E-state index contributed by atoms with van der Waals surface area (Å²) >= 11 is 6.25. The third kappa shape index (κ3) is 8.02. The number of rotatable bonds is 10. The predicted octanol–water partition coefficient (Wildman–Crippen LogP) is 4.96. The first-order chi connectivity index (χ1) is 20.1. The van der Waals surface area contributed by atoms with Gasteiger partial charge in [0.15, 0.2) is 0 Å². The minimum Gasteiger partial charge on any atom is -0.508 e. The number of nitrogens with zero attached hydrogens (tertiary/aromatic N) is 2. The number of esters is 1. The summed E-state index contributed by atoms with van der Waals surface area (Å²) in [5.74, 6) is -0.958. The SMILES string of the molecule is CCOC(=O)c1ccc(NC(=O)N([C@@H]2CCC[N+](C)(Cc3cccc(Cl)c3)C2)[C@@H](Cc2ccc(O)cc2)C(N)=O)cc1. The van der Waals surface area contributed by atoms with Gasteiger partial charge in [-0.15, -0.1) is 0 Å². The maximum absolute atomic E-state index is 14.0. The van der Waals surface area contributed by atoms with Gasteiger partial charge in [-0.1, -0.05) is 35.9 Å². The van der Waals surface area contributed by atoms with Crippen LogP contribution in [0.25, 0.3) is 0 Å². The van der Waals surface area contributed by atoms with Crippen LogP contribution in [0.4, 0.5) is 10.5 Å². The van der Waals surface area contributed by atoms with E-state index in [4.69, 9.17) is 22.1 Å². The maximum Gasteiger partial charge on any atom is 0.338 e. The Bertz CT molecular complexity index is 1400. The van der Waals surface area contributed by atoms with Crippen LogP contribution >= 0.6 is 11.6 Å². The first kappa shape index (κ1) is 30.9. The zero-order valence-electron chi connectivity index (χ0n) is 24.0. The van der Waals surface area contributed by atoms with E-state index in [1.54, 1.807) is 60.4 Å². The number of aromatic hydroxyl groups is 1. The molecule has 0 aromatic heterocycles. The van der Waals surface area contributed by atoms with E-state index in [0.29, 0.717) is 33.7 Å². The lowest BCUT2D eigenvalue weighted by atomic mass is 9.96. The molecule has 1 unspecified atom stereocenters. The molecule has 4 rings (SSSR count). The van der Waals surface area contributed by atoms with Gasteiger partial charge in [-0.25, -0.2) is 9.59 Å². The molecule has 3 amide bonds. The van der Waals surface area contributed by atoms with Crippen molar-refractivity contribution in [2.24, 2.45) is 5.73 Å². The minimum atomic E-state index is -0.934. The molecule has 1 saturated heterocycles. The van der Waals surface area contributed by atoms with Gasteiger partial charge in [0.05, 0.1) is 38.3 Å². The fraction of sp³-hybridized carbons (Fsp3) is 0.344. The predicted molar refractivity (Wildman–Crippen MR) is 162 cm³/mol. The fourth-order valence-electron chi connectivity index (χ4n) is 5.69. The number of likely N-dealkylation sites (N-methyl/N-ethyl adjacent to an activating group) is 1. The number of piperidine rings is 1. The van der Waals surface area contributed by atoms with Crippen LogP contribution in [-0.4, -0.2) is 71.2 Å². The number of likely N-dealkylation sites (tertiary alicyclic amines) is 1. The van der Waals surface area contributed by atoms with Gasteiger partial charge in [0.2, 0.25) is 5.91 Å². The van der Waals surface area contributed by atoms with Crippen molar-refractivity contribution in [3.8, 4) is 5.75 Å². The van der Waals surface area contributed by atoms with E-state index in [9.17, 15) is 19.5 Å². The number of anilines is 1. The quantitative estimate of drug-likeness (QED) is 0.226. The molecule has 4 N–H and O–H groups in total. The Morgan fingerprint density at radius 3 is 2.45 bits per heavy atom. The molecule has 0 aliphatic carbocycles. The lowest BCUT2D eigenvalue weighted by Crippen LogP contribution is -2.62. The summed E-state index contributed by atoms with van der Waals surface area (Å²) in [6.45, 7) is 4.24. The van der Waals surface area contributed by atoms with Crippen LogP contribution in [-0.2, 0) is 22.5 Å². The summed E-state index contributed by atoms with van der Waals surface area (Å²) in [6, 6.07) is 19.0. The number of nitrogens with two attached hydrogens (primary N) is 1. The highest BCUT2D eigenvalue weighted by Gasteiger charge is 2.41. The van der Waals surface area contributed by atoms with Gasteiger partial charge in [-0.05, 0) is 73.9 Å². The number of benzene rings is 3. The number of primary amides is 1. The summed E-state index contributed by atoms with van der Waals surface area (Å²) in [6.07, 6.45) is 1.75. The third-order valence-corrected chi connectivity index (χ3v) is 7.88. The van der Waals surface area contributed by atoms with Crippen LogP contribution in [0.5, 0.6) is 5.75 Å². The number of hydrogen-bond acceptors (Lipinski definition) is 5. The summed E-state index contributed by atoms with van der Waals surface area (Å²) < 4.78 is 5.71. The van der Waals surface area contributed by atoms with E-state index in [1.165, 1.54) is 0 Å².